The maximum Gasteiger partial charge on any atom is 0.303 e. The van der Waals surface area contributed by atoms with Gasteiger partial charge in [-0.25, -0.2) is 4.98 Å². The molecule has 1 saturated heterocycles. The maximum atomic E-state index is 13.6. The molecule has 1 aromatic carbocycles. The molecule has 0 aliphatic carbocycles. The highest BCUT2D eigenvalue weighted by Gasteiger charge is 2.32. The lowest BCUT2D eigenvalue weighted by atomic mass is 10.1. The highest BCUT2D eigenvalue weighted by atomic mass is 32.2. The summed E-state index contributed by atoms with van der Waals surface area (Å²) < 4.78 is 1.93. The molecule has 11 heteroatoms. The number of unbranched alkanes of at least 4 members (excludes halogenated alkanes) is 7. The molecule has 3 heterocycles. The molecule has 1 aliphatic rings. The maximum absolute atomic E-state index is 13.6. The van der Waals surface area contributed by atoms with Gasteiger partial charge in [0.25, 0.3) is 11.5 Å². The van der Waals surface area contributed by atoms with Crippen molar-refractivity contribution in [3.05, 3.63) is 80.6 Å². The molecule has 1 amide bonds. The number of carbonyl (C=O) groups excluding carboxylic acids is 1. The lowest BCUT2D eigenvalue weighted by Gasteiger charge is -2.16. The van der Waals surface area contributed by atoms with E-state index < -0.39 is 12.1 Å². The molecule has 1 atom stereocenters. The number of hydrogen-bond acceptors (Lipinski definition) is 8. The molecule has 9 nitrogen and oxygen atoms in total. The first-order chi connectivity index (χ1) is 20.8. The zero-order chi connectivity index (χ0) is 30.8. The number of nitrogens with zero attached hydrogens (tertiary/aromatic N) is 3. The van der Waals surface area contributed by atoms with Crippen LogP contribution in [0.2, 0.25) is 0 Å². The summed E-state index contributed by atoms with van der Waals surface area (Å²) in [6, 6.07) is 12.9. The van der Waals surface area contributed by atoms with Crippen molar-refractivity contribution in [3.8, 4) is 0 Å². The summed E-state index contributed by atoms with van der Waals surface area (Å²) in [6.45, 7) is 2.52. The molecule has 0 bridgehead atoms. The standard InChI is InChI=1S/C32H38N4O5S2/c1-22-14-13-19-35-29(22)34-28(33-21-25(37)23-15-9-8-10-16-23)24(30(35)40)20-26-31(41)36(32(42)43-26)18-12-7-5-3-2-4-6-11-17-27(38)39/h8-10,13-16,19-20,25,33,37H,2-7,11-12,17-18,21H2,1H3,(H,38,39). The molecule has 0 radical (unpaired) electrons. The smallest absolute Gasteiger partial charge is 0.303 e. The number of carbonyl (C=O) groups is 2. The van der Waals surface area contributed by atoms with Crippen LogP contribution in [0, 0.1) is 6.92 Å². The Balaban J connectivity index is 1.42. The average molecular weight is 623 g/mol. The topological polar surface area (TPSA) is 124 Å². The van der Waals surface area contributed by atoms with Crippen LogP contribution in [0.3, 0.4) is 0 Å². The second-order valence-electron chi connectivity index (χ2n) is 10.7. The van der Waals surface area contributed by atoms with E-state index in [0.717, 1.165) is 62.5 Å². The Bertz CT molecular complexity index is 1540. The Morgan fingerprint density at radius 2 is 1.70 bits per heavy atom. The van der Waals surface area contributed by atoms with Crippen LogP contribution in [-0.4, -0.2) is 53.8 Å². The largest absolute Gasteiger partial charge is 0.481 e. The number of anilines is 1. The molecule has 1 aliphatic heterocycles. The normalized spacial score (nSPS) is 15.0. The van der Waals surface area contributed by atoms with Crippen molar-refractivity contribution in [1.82, 2.24) is 14.3 Å². The number of aliphatic hydroxyl groups excluding tert-OH is 1. The molecule has 2 aromatic heterocycles. The number of nitrogens with one attached hydrogen (secondary N) is 1. The Kier molecular flexibility index (Phi) is 11.9. The SMILES string of the molecule is Cc1cccn2c(=O)c(C=C3SC(=S)N(CCCCCCCCCCC(=O)O)C3=O)c(NCC(O)c3ccccc3)nc12. The summed E-state index contributed by atoms with van der Waals surface area (Å²) in [7, 11) is 0. The van der Waals surface area contributed by atoms with Crippen LogP contribution in [-0.2, 0) is 9.59 Å². The zero-order valence-corrected chi connectivity index (χ0v) is 26.0. The number of hydrogen-bond donors (Lipinski definition) is 3. The van der Waals surface area contributed by atoms with Crippen LogP contribution in [0.25, 0.3) is 11.7 Å². The van der Waals surface area contributed by atoms with Gasteiger partial charge in [-0.2, -0.15) is 0 Å². The number of amides is 1. The van der Waals surface area contributed by atoms with E-state index in [9.17, 15) is 19.5 Å². The van der Waals surface area contributed by atoms with Crippen LogP contribution >= 0.6 is 24.0 Å². The Morgan fingerprint density at radius 1 is 1.02 bits per heavy atom. The van der Waals surface area contributed by atoms with Crippen molar-refractivity contribution in [3.63, 3.8) is 0 Å². The highest BCUT2D eigenvalue weighted by Crippen LogP contribution is 2.33. The molecule has 43 heavy (non-hydrogen) atoms. The van der Waals surface area contributed by atoms with E-state index in [4.69, 9.17) is 22.3 Å². The fourth-order valence-electron chi connectivity index (χ4n) is 4.99. The minimum Gasteiger partial charge on any atom is -0.481 e. The van der Waals surface area contributed by atoms with Crippen LogP contribution in [0.1, 0.15) is 80.6 Å². The third-order valence-electron chi connectivity index (χ3n) is 7.40. The number of aryl methyl sites for hydroxylation is 1. The van der Waals surface area contributed by atoms with Gasteiger partial charge in [0, 0.05) is 25.7 Å². The number of thioether (sulfide) groups is 1. The van der Waals surface area contributed by atoms with Crippen molar-refractivity contribution >= 4 is 57.7 Å². The molecular formula is C32H38N4O5S2. The summed E-state index contributed by atoms with van der Waals surface area (Å²) in [6.07, 6.45) is 10.3. The van der Waals surface area contributed by atoms with Gasteiger partial charge in [-0.3, -0.25) is 23.7 Å². The monoisotopic (exact) mass is 622 g/mol. The van der Waals surface area contributed by atoms with Crippen molar-refractivity contribution in [2.75, 3.05) is 18.4 Å². The fourth-order valence-corrected chi connectivity index (χ4v) is 6.28. The van der Waals surface area contributed by atoms with Crippen molar-refractivity contribution in [1.29, 1.82) is 0 Å². The Morgan fingerprint density at radius 3 is 2.40 bits per heavy atom. The highest BCUT2D eigenvalue weighted by molar-refractivity contribution is 8.26. The van der Waals surface area contributed by atoms with Crippen molar-refractivity contribution in [2.45, 2.75) is 70.8 Å². The quantitative estimate of drug-likeness (QED) is 0.101. The van der Waals surface area contributed by atoms with Gasteiger partial charge in [0.1, 0.15) is 15.8 Å². The molecular weight excluding hydrogens is 585 g/mol. The van der Waals surface area contributed by atoms with Crippen molar-refractivity contribution < 1.29 is 19.8 Å². The number of carboxylic acid groups (broad SMARTS) is 1. The van der Waals surface area contributed by atoms with Crippen LogP contribution in [0.4, 0.5) is 5.82 Å². The number of thiocarbonyl (C=S) groups is 1. The lowest BCUT2D eigenvalue weighted by Crippen LogP contribution is -2.29. The third kappa shape index (κ3) is 8.75. The van der Waals surface area contributed by atoms with Gasteiger partial charge in [-0.1, -0.05) is 98.9 Å². The number of aliphatic hydroxyl groups is 1. The molecule has 4 rings (SSSR count). The summed E-state index contributed by atoms with van der Waals surface area (Å²) in [5, 5.41) is 22.6. The lowest BCUT2D eigenvalue weighted by molar-refractivity contribution is -0.137. The van der Waals surface area contributed by atoms with E-state index >= 15 is 0 Å². The molecule has 3 aromatic rings. The molecule has 1 fully saturated rings. The van der Waals surface area contributed by atoms with E-state index in [0.29, 0.717) is 27.2 Å². The van der Waals surface area contributed by atoms with Gasteiger partial charge in [0.05, 0.1) is 16.6 Å². The first-order valence-corrected chi connectivity index (χ1v) is 15.9. The molecule has 3 N–H and O–H groups in total. The summed E-state index contributed by atoms with van der Waals surface area (Å²) in [4.78, 5) is 44.3. The second kappa shape index (κ2) is 15.8. The third-order valence-corrected chi connectivity index (χ3v) is 8.78. The number of aliphatic carboxylic acids is 1. The summed E-state index contributed by atoms with van der Waals surface area (Å²) in [5.41, 5.74) is 1.96. The Hall–Kier alpha value is -3.54. The van der Waals surface area contributed by atoms with Crippen LogP contribution in [0.5, 0.6) is 0 Å². The molecule has 0 saturated carbocycles. The van der Waals surface area contributed by atoms with E-state index in [-0.39, 0.29) is 30.0 Å². The number of aromatic nitrogens is 2. The van der Waals surface area contributed by atoms with E-state index in [1.54, 1.807) is 23.2 Å². The number of fused-ring (bicyclic) bond motifs is 1. The number of pyridine rings is 1. The second-order valence-corrected chi connectivity index (χ2v) is 12.4. The van der Waals surface area contributed by atoms with Crippen LogP contribution < -0.4 is 10.9 Å². The first-order valence-electron chi connectivity index (χ1n) is 14.7. The van der Waals surface area contributed by atoms with E-state index in [1.807, 2.05) is 43.3 Å². The van der Waals surface area contributed by atoms with Crippen molar-refractivity contribution in [2.24, 2.45) is 0 Å². The summed E-state index contributed by atoms with van der Waals surface area (Å²) >= 11 is 6.71. The van der Waals surface area contributed by atoms with Gasteiger partial charge in [-0.05, 0) is 43.0 Å². The van der Waals surface area contributed by atoms with Gasteiger partial charge in [0.2, 0.25) is 0 Å². The Labute approximate surface area is 261 Å². The van der Waals surface area contributed by atoms with E-state index in [2.05, 4.69) is 5.32 Å². The predicted octanol–water partition coefficient (Wildman–Crippen LogP) is 5.95. The molecule has 0 spiro atoms. The van der Waals surface area contributed by atoms with Gasteiger partial charge >= 0.3 is 5.97 Å². The molecule has 228 valence electrons. The number of carboxylic acids is 1. The van der Waals surface area contributed by atoms with Gasteiger partial charge in [-0.15, -0.1) is 0 Å². The summed E-state index contributed by atoms with van der Waals surface area (Å²) in [5.74, 6) is -0.669. The fraction of sp³-hybridized carbons (Fsp3) is 0.406. The predicted molar refractivity (Wildman–Crippen MR) is 175 cm³/mol. The van der Waals surface area contributed by atoms with E-state index in [1.165, 1.54) is 16.2 Å². The zero-order valence-electron chi connectivity index (χ0n) is 24.3. The minimum atomic E-state index is -0.818. The average Bonchev–Trinajstić information content (AvgIpc) is 3.26. The molecule has 1 unspecified atom stereocenters. The van der Waals surface area contributed by atoms with Gasteiger partial charge in [0.15, 0.2) is 0 Å². The number of benzene rings is 1. The van der Waals surface area contributed by atoms with Crippen LogP contribution in [0.15, 0.2) is 58.4 Å². The first kappa shape index (κ1) is 32.4. The van der Waals surface area contributed by atoms with Gasteiger partial charge < -0.3 is 15.5 Å². The number of rotatable bonds is 16. The minimum absolute atomic E-state index is 0.128.